The van der Waals surface area contributed by atoms with E-state index in [0.29, 0.717) is 17.4 Å². The molecule has 0 saturated heterocycles. The topological polar surface area (TPSA) is 59.8 Å². The molecule has 3 aromatic rings. The number of amides is 1. The van der Waals surface area contributed by atoms with Gasteiger partial charge in [0.1, 0.15) is 11.6 Å². The van der Waals surface area contributed by atoms with Gasteiger partial charge in [-0.1, -0.05) is 30.3 Å². The molecule has 0 radical (unpaired) electrons. The Bertz CT molecular complexity index is 944. The molecule has 144 valence electrons. The van der Waals surface area contributed by atoms with Gasteiger partial charge in [0.15, 0.2) is 0 Å². The first-order valence-corrected chi connectivity index (χ1v) is 9.65. The standard InChI is InChI=1S/C22H23FN4O/c1-15-24-21(26-27(15)20-13-9-18(23)10-14-20)22(28)25-19-11-7-17(8-12-19)16-5-3-2-4-6-16/h2-6,9-10,13-14,17,19H,7-8,11-12H2,1H3,(H,25,28). The van der Waals surface area contributed by atoms with Crippen molar-refractivity contribution in [1.82, 2.24) is 20.1 Å². The van der Waals surface area contributed by atoms with E-state index in [-0.39, 0.29) is 23.6 Å². The fraction of sp³-hybridized carbons (Fsp3) is 0.318. The zero-order chi connectivity index (χ0) is 19.5. The Labute approximate surface area is 163 Å². The van der Waals surface area contributed by atoms with E-state index >= 15 is 0 Å². The summed E-state index contributed by atoms with van der Waals surface area (Å²) >= 11 is 0. The van der Waals surface area contributed by atoms with Crippen LogP contribution in [0.1, 0.15) is 53.6 Å². The summed E-state index contributed by atoms with van der Waals surface area (Å²) in [6.07, 6.45) is 4.02. The summed E-state index contributed by atoms with van der Waals surface area (Å²) in [5, 5.41) is 7.38. The van der Waals surface area contributed by atoms with Crippen LogP contribution in [0.15, 0.2) is 54.6 Å². The molecule has 1 fully saturated rings. The highest BCUT2D eigenvalue weighted by molar-refractivity contribution is 5.90. The smallest absolute Gasteiger partial charge is 0.291 e. The average molecular weight is 378 g/mol. The average Bonchev–Trinajstić information content (AvgIpc) is 3.12. The van der Waals surface area contributed by atoms with Crippen LogP contribution in [-0.4, -0.2) is 26.7 Å². The minimum atomic E-state index is -0.314. The van der Waals surface area contributed by atoms with Crippen molar-refractivity contribution in [2.24, 2.45) is 0 Å². The number of hydrogen-bond donors (Lipinski definition) is 1. The number of rotatable bonds is 4. The number of benzene rings is 2. The lowest BCUT2D eigenvalue weighted by atomic mass is 9.82. The number of halogens is 1. The van der Waals surface area contributed by atoms with Crippen LogP contribution in [0.25, 0.3) is 5.69 Å². The molecule has 0 spiro atoms. The van der Waals surface area contributed by atoms with Crippen LogP contribution >= 0.6 is 0 Å². The summed E-state index contributed by atoms with van der Waals surface area (Å²) in [4.78, 5) is 16.9. The minimum absolute atomic E-state index is 0.144. The maximum absolute atomic E-state index is 13.1. The van der Waals surface area contributed by atoms with Crippen LogP contribution in [0.4, 0.5) is 4.39 Å². The zero-order valence-corrected chi connectivity index (χ0v) is 15.8. The third-order valence-corrected chi connectivity index (χ3v) is 5.38. The Morgan fingerprint density at radius 3 is 2.39 bits per heavy atom. The zero-order valence-electron chi connectivity index (χ0n) is 15.8. The number of aromatic nitrogens is 3. The number of nitrogens with one attached hydrogen (secondary N) is 1. The van der Waals surface area contributed by atoms with E-state index in [1.165, 1.54) is 17.7 Å². The summed E-state index contributed by atoms with van der Waals surface area (Å²) in [6.45, 7) is 1.78. The molecule has 0 aliphatic heterocycles. The molecular weight excluding hydrogens is 355 g/mol. The molecular formula is C22H23FN4O. The van der Waals surface area contributed by atoms with Crippen LogP contribution in [0, 0.1) is 12.7 Å². The van der Waals surface area contributed by atoms with E-state index in [4.69, 9.17) is 0 Å². The second-order valence-corrected chi connectivity index (χ2v) is 7.30. The van der Waals surface area contributed by atoms with Crippen LogP contribution in [0.2, 0.25) is 0 Å². The molecule has 1 aromatic heterocycles. The quantitative estimate of drug-likeness (QED) is 0.741. The molecule has 1 heterocycles. The van der Waals surface area contributed by atoms with E-state index < -0.39 is 0 Å². The van der Waals surface area contributed by atoms with Crippen molar-refractivity contribution in [1.29, 1.82) is 0 Å². The van der Waals surface area contributed by atoms with E-state index in [1.54, 1.807) is 23.7 Å². The van der Waals surface area contributed by atoms with Gasteiger partial charge < -0.3 is 5.32 Å². The van der Waals surface area contributed by atoms with Crippen molar-refractivity contribution in [3.8, 4) is 5.69 Å². The third-order valence-electron chi connectivity index (χ3n) is 5.38. The molecule has 1 N–H and O–H groups in total. The van der Waals surface area contributed by atoms with E-state index in [1.807, 2.05) is 6.07 Å². The van der Waals surface area contributed by atoms with Gasteiger partial charge in [-0.25, -0.2) is 14.1 Å². The molecule has 4 rings (SSSR count). The molecule has 1 amide bonds. The summed E-state index contributed by atoms with van der Waals surface area (Å²) in [6, 6.07) is 16.6. The van der Waals surface area contributed by atoms with Crippen LogP contribution in [0.5, 0.6) is 0 Å². The molecule has 6 heteroatoms. The van der Waals surface area contributed by atoms with Gasteiger partial charge in [-0.15, -0.1) is 5.10 Å². The summed E-state index contributed by atoms with van der Waals surface area (Å²) in [5.41, 5.74) is 2.05. The normalized spacial score (nSPS) is 19.4. The second kappa shape index (κ2) is 7.92. The van der Waals surface area contributed by atoms with Crippen molar-refractivity contribution >= 4 is 5.91 Å². The Morgan fingerprint density at radius 1 is 1.04 bits per heavy atom. The maximum atomic E-state index is 13.1. The number of hydrogen-bond acceptors (Lipinski definition) is 3. The lowest BCUT2D eigenvalue weighted by molar-refractivity contribution is 0.0915. The van der Waals surface area contributed by atoms with Gasteiger partial charge in [0.05, 0.1) is 5.69 Å². The monoisotopic (exact) mass is 378 g/mol. The SMILES string of the molecule is Cc1nc(C(=O)NC2CCC(c3ccccc3)CC2)nn1-c1ccc(F)cc1. The van der Waals surface area contributed by atoms with Gasteiger partial charge >= 0.3 is 0 Å². The Morgan fingerprint density at radius 2 is 1.71 bits per heavy atom. The van der Waals surface area contributed by atoms with Crippen LogP contribution in [0.3, 0.4) is 0 Å². The predicted octanol–water partition coefficient (Wildman–Crippen LogP) is 4.17. The first kappa shape index (κ1) is 18.3. The first-order valence-electron chi connectivity index (χ1n) is 9.65. The third kappa shape index (κ3) is 3.96. The molecule has 1 aliphatic carbocycles. The van der Waals surface area contributed by atoms with Crippen molar-refractivity contribution < 1.29 is 9.18 Å². The van der Waals surface area contributed by atoms with E-state index in [9.17, 15) is 9.18 Å². The highest BCUT2D eigenvalue weighted by Gasteiger charge is 2.25. The second-order valence-electron chi connectivity index (χ2n) is 7.30. The fourth-order valence-electron chi connectivity index (χ4n) is 3.86. The number of nitrogens with zero attached hydrogens (tertiary/aromatic N) is 3. The molecule has 0 unspecified atom stereocenters. The summed E-state index contributed by atoms with van der Waals surface area (Å²) in [5.74, 6) is 0.724. The molecule has 28 heavy (non-hydrogen) atoms. The highest BCUT2D eigenvalue weighted by atomic mass is 19.1. The van der Waals surface area contributed by atoms with Gasteiger partial charge in [-0.3, -0.25) is 4.79 Å². The largest absolute Gasteiger partial charge is 0.347 e. The van der Waals surface area contributed by atoms with Crippen LogP contribution in [-0.2, 0) is 0 Å². The van der Waals surface area contributed by atoms with Gasteiger partial charge in [-0.05, 0) is 68.4 Å². The van der Waals surface area contributed by atoms with Crippen molar-refractivity contribution in [3.63, 3.8) is 0 Å². The van der Waals surface area contributed by atoms with Crippen molar-refractivity contribution in [3.05, 3.63) is 77.6 Å². The first-order chi connectivity index (χ1) is 13.6. The molecule has 0 bridgehead atoms. The molecule has 2 aromatic carbocycles. The minimum Gasteiger partial charge on any atom is -0.347 e. The highest BCUT2D eigenvalue weighted by Crippen LogP contribution is 2.32. The molecule has 1 saturated carbocycles. The Kier molecular flexibility index (Phi) is 5.19. The number of carbonyl (C=O) groups excluding carboxylic acids is 1. The lowest BCUT2D eigenvalue weighted by Gasteiger charge is -2.29. The molecule has 0 atom stereocenters. The number of carbonyl (C=O) groups is 1. The molecule has 5 nitrogen and oxygen atoms in total. The lowest BCUT2D eigenvalue weighted by Crippen LogP contribution is -2.37. The Balaban J connectivity index is 1.38. The number of aryl methyl sites for hydroxylation is 1. The van der Waals surface area contributed by atoms with Crippen molar-refractivity contribution in [2.75, 3.05) is 0 Å². The van der Waals surface area contributed by atoms with Gasteiger partial charge in [-0.2, -0.15) is 0 Å². The Hall–Kier alpha value is -3.02. The van der Waals surface area contributed by atoms with Gasteiger partial charge in [0.25, 0.3) is 5.91 Å². The van der Waals surface area contributed by atoms with Gasteiger partial charge in [0.2, 0.25) is 5.82 Å². The van der Waals surface area contributed by atoms with Crippen LogP contribution < -0.4 is 5.32 Å². The molecule has 1 aliphatic rings. The van der Waals surface area contributed by atoms with Gasteiger partial charge in [0, 0.05) is 6.04 Å². The summed E-state index contributed by atoms with van der Waals surface area (Å²) in [7, 11) is 0. The fourth-order valence-corrected chi connectivity index (χ4v) is 3.86. The summed E-state index contributed by atoms with van der Waals surface area (Å²) < 4.78 is 14.7. The maximum Gasteiger partial charge on any atom is 0.291 e. The van der Waals surface area contributed by atoms with E-state index in [0.717, 1.165) is 25.7 Å². The predicted molar refractivity (Wildman–Crippen MR) is 105 cm³/mol. The van der Waals surface area contributed by atoms with E-state index in [2.05, 4.69) is 39.7 Å². The van der Waals surface area contributed by atoms with Crippen molar-refractivity contribution in [2.45, 2.75) is 44.6 Å².